The van der Waals surface area contributed by atoms with Gasteiger partial charge in [0.2, 0.25) is 0 Å². The van der Waals surface area contributed by atoms with E-state index in [1.165, 1.54) is 42.2 Å². The van der Waals surface area contributed by atoms with Crippen molar-refractivity contribution < 1.29 is 5.11 Å². The first kappa shape index (κ1) is 11.6. The van der Waals surface area contributed by atoms with Crippen molar-refractivity contribution in [3.8, 4) is 5.75 Å². The Labute approximate surface area is 123 Å². The molecule has 0 radical (unpaired) electrons. The average Bonchev–Trinajstić information content (AvgIpc) is 2.79. The fourth-order valence-electron chi connectivity index (χ4n) is 5.59. The van der Waals surface area contributed by atoms with E-state index in [4.69, 9.17) is 0 Å². The van der Waals surface area contributed by atoms with Gasteiger partial charge in [-0.15, -0.1) is 11.3 Å². The molecule has 4 bridgehead atoms. The average molecular weight is 284 g/mol. The van der Waals surface area contributed by atoms with E-state index in [1.54, 1.807) is 4.88 Å². The highest BCUT2D eigenvalue weighted by molar-refractivity contribution is 7.19. The summed E-state index contributed by atoms with van der Waals surface area (Å²) in [5.41, 5.74) is 0. The number of phenolic OH excluding ortho intramolecular Hbond substituents is 1. The van der Waals surface area contributed by atoms with E-state index in [0.29, 0.717) is 5.75 Å². The maximum Gasteiger partial charge on any atom is 0.117 e. The predicted molar refractivity (Wildman–Crippen MR) is 83.3 cm³/mol. The molecule has 4 aliphatic carbocycles. The van der Waals surface area contributed by atoms with Crippen LogP contribution in [0.1, 0.15) is 42.9 Å². The van der Waals surface area contributed by atoms with Gasteiger partial charge < -0.3 is 5.11 Å². The molecule has 0 amide bonds. The smallest absolute Gasteiger partial charge is 0.117 e. The van der Waals surface area contributed by atoms with E-state index in [-0.39, 0.29) is 0 Å². The highest BCUT2D eigenvalue weighted by atomic mass is 32.1. The summed E-state index contributed by atoms with van der Waals surface area (Å²) in [6.45, 7) is 0. The van der Waals surface area contributed by atoms with Gasteiger partial charge in [-0.05, 0) is 91.3 Å². The van der Waals surface area contributed by atoms with Crippen LogP contribution in [0, 0.1) is 23.7 Å². The Hall–Kier alpha value is -1.02. The molecule has 0 saturated heterocycles. The van der Waals surface area contributed by atoms with Crippen molar-refractivity contribution in [3.05, 3.63) is 29.1 Å². The molecule has 1 N–H and O–H groups in total. The van der Waals surface area contributed by atoms with Crippen molar-refractivity contribution in [2.24, 2.45) is 23.7 Å². The second-order valence-electron chi connectivity index (χ2n) is 7.33. The normalized spacial score (nSPS) is 38.7. The molecule has 1 heterocycles. The van der Waals surface area contributed by atoms with E-state index in [1.807, 2.05) is 23.5 Å². The molecular weight excluding hydrogens is 264 g/mol. The summed E-state index contributed by atoms with van der Waals surface area (Å²) < 4.78 is 1.26. The van der Waals surface area contributed by atoms with Crippen LogP contribution in [0.3, 0.4) is 0 Å². The first-order valence-electron chi connectivity index (χ1n) is 7.99. The minimum Gasteiger partial charge on any atom is -0.508 e. The number of thiophene rings is 1. The standard InChI is InChI=1S/C18H20OS/c19-15-2-1-12-8-17(20-16(12)9-15)18-13-4-10-3-11(6-13)7-14(18)5-10/h1-2,8-11,13-14,18-19H,3-7H2. The summed E-state index contributed by atoms with van der Waals surface area (Å²) >= 11 is 1.93. The molecule has 4 aliphatic rings. The molecular formula is C18H20OS. The van der Waals surface area contributed by atoms with Gasteiger partial charge in [0.15, 0.2) is 0 Å². The Morgan fingerprint density at radius 1 is 0.900 bits per heavy atom. The van der Waals surface area contributed by atoms with Crippen LogP contribution in [-0.4, -0.2) is 5.11 Å². The highest BCUT2D eigenvalue weighted by Crippen LogP contribution is 2.60. The van der Waals surface area contributed by atoms with Crippen LogP contribution in [0.15, 0.2) is 24.3 Å². The molecule has 0 unspecified atom stereocenters. The van der Waals surface area contributed by atoms with Crippen LogP contribution < -0.4 is 0 Å². The fraction of sp³-hybridized carbons (Fsp3) is 0.556. The molecule has 104 valence electrons. The van der Waals surface area contributed by atoms with Gasteiger partial charge in [-0.2, -0.15) is 0 Å². The molecule has 2 heteroatoms. The Bertz CT molecular complexity index is 643. The van der Waals surface area contributed by atoms with Crippen molar-refractivity contribution in [1.29, 1.82) is 0 Å². The minimum atomic E-state index is 0.399. The van der Waals surface area contributed by atoms with Crippen LogP contribution in [0.25, 0.3) is 10.1 Å². The Morgan fingerprint density at radius 2 is 1.60 bits per heavy atom. The van der Waals surface area contributed by atoms with Crippen LogP contribution in [-0.2, 0) is 0 Å². The largest absolute Gasteiger partial charge is 0.508 e. The van der Waals surface area contributed by atoms with Crippen molar-refractivity contribution in [3.63, 3.8) is 0 Å². The van der Waals surface area contributed by atoms with Crippen LogP contribution in [0.2, 0.25) is 0 Å². The lowest BCUT2D eigenvalue weighted by Crippen LogP contribution is -2.43. The third-order valence-corrected chi connectivity index (χ3v) is 7.28. The number of benzene rings is 1. The van der Waals surface area contributed by atoms with E-state index in [9.17, 15) is 5.11 Å². The number of rotatable bonds is 1. The third kappa shape index (κ3) is 1.60. The number of hydrogen-bond donors (Lipinski definition) is 1. The second-order valence-corrected chi connectivity index (χ2v) is 8.44. The van der Waals surface area contributed by atoms with Crippen molar-refractivity contribution in [2.45, 2.75) is 38.0 Å². The zero-order valence-electron chi connectivity index (χ0n) is 11.6. The highest BCUT2D eigenvalue weighted by Gasteiger charge is 2.48. The van der Waals surface area contributed by atoms with Crippen LogP contribution in [0.5, 0.6) is 5.75 Å². The monoisotopic (exact) mass is 284 g/mol. The van der Waals surface area contributed by atoms with Gasteiger partial charge in [0.1, 0.15) is 5.75 Å². The topological polar surface area (TPSA) is 20.2 Å². The summed E-state index contributed by atoms with van der Waals surface area (Å²) in [6, 6.07) is 8.22. The lowest BCUT2D eigenvalue weighted by Gasteiger charge is -2.54. The Balaban J connectivity index is 1.57. The maximum atomic E-state index is 9.66. The zero-order chi connectivity index (χ0) is 13.3. The third-order valence-electron chi connectivity index (χ3n) is 6.08. The van der Waals surface area contributed by atoms with E-state index in [0.717, 1.165) is 29.6 Å². The van der Waals surface area contributed by atoms with E-state index >= 15 is 0 Å². The number of fused-ring (bicyclic) bond motifs is 1. The SMILES string of the molecule is Oc1ccc2cc(C3C4CC5CC(C4)CC3C5)sc2c1. The lowest BCUT2D eigenvalue weighted by atomic mass is 9.51. The molecule has 6 rings (SSSR count). The molecule has 0 spiro atoms. The Morgan fingerprint density at radius 3 is 2.30 bits per heavy atom. The summed E-state index contributed by atoms with van der Waals surface area (Å²) in [5, 5.41) is 11.0. The fourth-order valence-corrected chi connectivity index (χ4v) is 6.98. The van der Waals surface area contributed by atoms with Crippen LogP contribution >= 0.6 is 11.3 Å². The quantitative estimate of drug-likeness (QED) is 0.768. The van der Waals surface area contributed by atoms with Gasteiger partial charge in [-0.1, -0.05) is 0 Å². The summed E-state index contributed by atoms with van der Waals surface area (Å²) in [7, 11) is 0. The van der Waals surface area contributed by atoms with Crippen molar-refractivity contribution in [1.82, 2.24) is 0 Å². The molecule has 4 fully saturated rings. The van der Waals surface area contributed by atoms with Gasteiger partial charge in [-0.25, -0.2) is 0 Å². The lowest BCUT2D eigenvalue weighted by molar-refractivity contribution is -0.00158. The van der Waals surface area contributed by atoms with Gasteiger partial charge in [0, 0.05) is 9.58 Å². The molecule has 0 atom stereocenters. The Kier molecular flexibility index (Phi) is 2.33. The van der Waals surface area contributed by atoms with Gasteiger partial charge in [-0.3, -0.25) is 0 Å². The molecule has 1 nitrogen and oxygen atoms in total. The van der Waals surface area contributed by atoms with E-state index < -0.39 is 0 Å². The van der Waals surface area contributed by atoms with Gasteiger partial charge in [0.05, 0.1) is 0 Å². The first-order chi connectivity index (χ1) is 9.76. The van der Waals surface area contributed by atoms with Crippen molar-refractivity contribution >= 4 is 21.4 Å². The first-order valence-corrected chi connectivity index (χ1v) is 8.80. The maximum absolute atomic E-state index is 9.66. The summed E-state index contributed by atoms with van der Waals surface area (Å²) in [5.74, 6) is 5.22. The molecule has 4 saturated carbocycles. The molecule has 1 aromatic carbocycles. The number of hydrogen-bond acceptors (Lipinski definition) is 2. The summed E-state index contributed by atoms with van der Waals surface area (Å²) in [4.78, 5) is 1.60. The zero-order valence-corrected chi connectivity index (χ0v) is 12.4. The molecule has 20 heavy (non-hydrogen) atoms. The van der Waals surface area contributed by atoms with Gasteiger partial charge >= 0.3 is 0 Å². The van der Waals surface area contributed by atoms with E-state index in [2.05, 4.69) is 12.1 Å². The number of aromatic hydroxyl groups is 1. The number of phenols is 1. The summed E-state index contributed by atoms with van der Waals surface area (Å²) in [6.07, 6.45) is 7.46. The minimum absolute atomic E-state index is 0.399. The molecule has 2 aromatic rings. The predicted octanol–water partition coefficient (Wildman–Crippen LogP) is 5.15. The molecule has 0 aliphatic heterocycles. The molecule has 1 aromatic heterocycles. The second kappa shape index (κ2) is 4.00. The van der Waals surface area contributed by atoms with Crippen LogP contribution in [0.4, 0.5) is 0 Å². The van der Waals surface area contributed by atoms with Crippen molar-refractivity contribution in [2.75, 3.05) is 0 Å². The van der Waals surface area contributed by atoms with Gasteiger partial charge in [0.25, 0.3) is 0 Å².